The van der Waals surface area contributed by atoms with Crippen molar-refractivity contribution < 1.29 is 4.79 Å². The lowest BCUT2D eigenvalue weighted by Gasteiger charge is -2.12. The number of carbonyl (C=O) groups excluding carboxylic acids is 1. The highest BCUT2D eigenvalue weighted by atomic mass is 79.9. The molecule has 25 heavy (non-hydrogen) atoms. The molecule has 0 bridgehead atoms. The molecule has 1 N–H and O–H groups in total. The van der Waals surface area contributed by atoms with E-state index < -0.39 is 0 Å². The van der Waals surface area contributed by atoms with Crippen LogP contribution in [0.3, 0.4) is 0 Å². The first-order valence-corrected chi connectivity index (χ1v) is 9.20. The molecule has 3 rings (SSSR count). The van der Waals surface area contributed by atoms with Crippen LogP contribution in [0.4, 0.5) is 0 Å². The highest BCUT2D eigenvalue weighted by Gasteiger charge is 2.12. The van der Waals surface area contributed by atoms with Crippen LogP contribution in [0, 0.1) is 11.3 Å². The second-order valence-corrected chi connectivity index (χ2v) is 7.97. The first kappa shape index (κ1) is 17.7. The van der Waals surface area contributed by atoms with Crippen LogP contribution in [0.15, 0.2) is 45.8 Å². The topological polar surface area (TPSA) is 74.9 Å². The van der Waals surface area contributed by atoms with Crippen LogP contribution in [0.5, 0.6) is 0 Å². The Morgan fingerprint density at radius 2 is 2.16 bits per heavy atom. The van der Waals surface area contributed by atoms with Crippen LogP contribution in [0.25, 0.3) is 10.9 Å². The molecule has 0 aliphatic rings. The molecular formula is C17H11BrClN3O2S. The van der Waals surface area contributed by atoms with Crippen molar-refractivity contribution in [2.75, 3.05) is 0 Å². The highest BCUT2D eigenvalue weighted by molar-refractivity contribution is 9.10. The molecule has 0 spiro atoms. The van der Waals surface area contributed by atoms with E-state index >= 15 is 0 Å². The maximum absolute atomic E-state index is 12.3. The lowest BCUT2D eigenvalue weighted by Crippen LogP contribution is -2.27. The third-order valence-corrected chi connectivity index (χ3v) is 5.29. The van der Waals surface area contributed by atoms with E-state index in [1.165, 1.54) is 17.5 Å². The quantitative estimate of drug-likeness (QED) is 0.678. The van der Waals surface area contributed by atoms with E-state index in [-0.39, 0.29) is 23.4 Å². The van der Waals surface area contributed by atoms with Gasteiger partial charge in [-0.05, 0) is 30.3 Å². The van der Waals surface area contributed by atoms with Crippen molar-refractivity contribution in [2.45, 2.75) is 13.1 Å². The van der Waals surface area contributed by atoms with Crippen LogP contribution < -0.4 is 10.7 Å². The van der Waals surface area contributed by atoms with Crippen LogP contribution in [0.1, 0.15) is 10.4 Å². The number of aromatic nitrogens is 1. The molecule has 2 heterocycles. The Bertz CT molecular complexity index is 1070. The van der Waals surface area contributed by atoms with Gasteiger partial charge in [0.2, 0.25) is 11.3 Å². The number of hydrogen-bond donors (Lipinski definition) is 1. The van der Waals surface area contributed by atoms with Crippen molar-refractivity contribution in [1.82, 2.24) is 9.88 Å². The van der Waals surface area contributed by atoms with Gasteiger partial charge in [0, 0.05) is 20.9 Å². The maximum Gasteiger partial charge on any atom is 0.240 e. The van der Waals surface area contributed by atoms with Crippen molar-refractivity contribution >= 4 is 55.7 Å². The number of fused-ring (bicyclic) bond motifs is 1. The molecule has 0 aliphatic heterocycles. The first-order chi connectivity index (χ1) is 12.0. The summed E-state index contributed by atoms with van der Waals surface area (Å²) < 4.78 is 3.01. The summed E-state index contributed by atoms with van der Waals surface area (Å²) in [6.45, 7) is 0.386. The number of thiophene rings is 1. The monoisotopic (exact) mass is 435 g/mol. The molecule has 1 amide bonds. The Morgan fingerprint density at radius 3 is 2.84 bits per heavy atom. The molecule has 0 saturated carbocycles. The number of amides is 1. The van der Waals surface area contributed by atoms with Gasteiger partial charge in [0.1, 0.15) is 18.2 Å². The second kappa shape index (κ2) is 7.40. The summed E-state index contributed by atoms with van der Waals surface area (Å²) in [5.74, 6) is -0.221. The summed E-state index contributed by atoms with van der Waals surface area (Å²) in [4.78, 5) is 25.5. The van der Waals surface area contributed by atoms with E-state index in [0.717, 1.165) is 9.35 Å². The molecule has 0 atom stereocenters. The van der Waals surface area contributed by atoms with Crippen molar-refractivity contribution in [3.8, 4) is 6.07 Å². The van der Waals surface area contributed by atoms with E-state index in [1.807, 2.05) is 12.1 Å². The smallest absolute Gasteiger partial charge is 0.240 e. The third kappa shape index (κ3) is 3.93. The van der Waals surface area contributed by atoms with Crippen LogP contribution in [0.2, 0.25) is 4.34 Å². The zero-order chi connectivity index (χ0) is 18.0. The fourth-order valence-corrected chi connectivity index (χ4v) is 3.81. The molecule has 0 unspecified atom stereocenters. The van der Waals surface area contributed by atoms with Gasteiger partial charge in [-0.3, -0.25) is 9.59 Å². The summed E-state index contributed by atoms with van der Waals surface area (Å²) in [6.07, 6.45) is 1.42. The molecule has 3 aromatic rings. The largest absolute Gasteiger partial charge is 0.350 e. The van der Waals surface area contributed by atoms with E-state index in [1.54, 1.807) is 28.8 Å². The second-order valence-electron chi connectivity index (χ2n) is 5.26. The van der Waals surface area contributed by atoms with Crippen molar-refractivity contribution in [1.29, 1.82) is 5.26 Å². The van der Waals surface area contributed by atoms with Crippen LogP contribution in [-0.2, 0) is 17.9 Å². The molecule has 2 aromatic heterocycles. The van der Waals surface area contributed by atoms with E-state index in [2.05, 4.69) is 21.2 Å². The fourth-order valence-electron chi connectivity index (χ4n) is 2.42. The molecule has 0 fully saturated rings. The first-order valence-electron chi connectivity index (χ1n) is 7.21. The molecule has 0 aliphatic carbocycles. The fraction of sp³-hybridized carbons (Fsp3) is 0.118. The number of nitrogens with one attached hydrogen (secondary N) is 1. The summed E-state index contributed by atoms with van der Waals surface area (Å²) >= 11 is 10.6. The molecule has 8 heteroatoms. The summed E-state index contributed by atoms with van der Waals surface area (Å²) in [5.41, 5.74) is 0.258. The lowest BCUT2D eigenvalue weighted by atomic mass is 10.1. The van der Waals surface area contributed by atoms with Gasteiger partial charge in [-0.1, -0.05) is 27.5 Å². The number of rotatable bonds is 4. The number of hydrogen-bond acceptors (Lipinski definition) is 4. The Kier molecular flexibility index (Phi) is 5.23. The van der Waals surface area contributed by atoms with Gasteiger partial charge in [-0.15, -0.1) is 11.3 Å². The summed E-state index contributed by atoms with van der Waals surface area (Å²) in [5, 5.41) is 12.4. The number of pyridine rings is 1. The van der Waals surface area contributed by atoms with Gasteiger partial charge < -0.3 is 9.88 Å². The maximum atomic E-state index is 12.3. The van der Waals surface area contributed by atoms with Gasteiger partial charge in [-0.25, -0.2) is 0 Å². The SMILES string of the molecule is N#Cc1cn(CC(=O)NCc2ccc(Cl)s2)c2ccc(Br)cc2c1=O. The predicted octanol–water partition coefficient (Wildman–Crippen LogP) is 3.67. The van der Waals surface area contributed by atoms with Crippen LogP contribution in [-0.4, -0.2) is 10.5 Å². The molecule has 5 nitrogen and oxygen atoms in total. The summed E-state index contributed by atoms with van der Waals surface area (Å²) in [6, 6.07) is 10.7. The Labute approximate surface area is 160 Å². The Hall–Kier alpha value is -2.14. The van der Waals surface area contributed by atoms with Crippen molar-refractivity contribution in [3.63, 3.8) is 0 Å². The average Bonchev–Trinajstić information content (AvgIpc) is 3.01. The van der Waals surface area contributed by atoms with Crippen molar-refractivity contribution in [2.24, 2.45) is 0 Å². The normalized spacial score (nSPS) is 10.6. The van der Waals surface area contributed by atoms with Gasteiger partial charge in [0.05, 0.1) is 16.4 Å². The van der Waals surface area contributed by atoms with E-state index in [4.69, 9.17) is 11.6 Å². The van der Waals surface area contributed by atoms with Gasteiger partial charge in [0.25, 0.3) is 0 Å². The number of halogens is 2. The minimum atomic E-state index is -0.344. The zero-order valence-corrected chi connectivity index (χ0v) is 15.9. The predicted molar refractivity (Wildman–Crippen MR) is 102 cm³/mol. The third-order valence-electron chi connectivity index (χ3n) is 3.57. The van der Waals surface area contributed by atoms with Crippen molar-refractivity contribution in [3.05, 3.63) is 66.0 Å². The van der Waals surface area contributed by atoms with Gasteiger partial charge >= 0.3 is 0 Å². The molecule has 126 valence electrons. The molecule has 1 aromatic carbocycles. The number of nitrogens with zero attached hydrogens (tertiary/aromatic N) is 2. The number of carbonyl (C=O) groups is 1. The average molecular weight is 437 g/mol. The van der Waals surface area contributed by atoms with Gasteiger partial charge in [0.15, 0.2) is 0 Å². The lowest BCUT2D eigenvalue weighted by molar-refractivity contribution is -0.121. The Morgan fingerprint density at radius 1 is 1.36 bits per heavy atom. The van der Waals surface area contributed by atoms with Crippen LogP contribution >= 0.6 is 38.9 Å². The van der Waals surface area contributed by atoms with Gasteiger partial charge in [-0.2, -0.15) is 5.26 Å². The minimum absolute atomic E-state index is 0.00318. The zero-order valence-electron chi connectivity index (χ0n) is 12.8. The highest BCUT2D eigenvalue weighted by Crippen LogP contribution is 2.21. The molecule has 0 radical (unpaired) electrons. The minimum Gasteiger partial charge on any atom is -0.350 e. The standard InChI is InChI=1S/C17H11BrClN3O2S/c18-11-1-3-14-13(5-11)17(24)10(6-20)8-22(14)9-16(23)21-7-12-2-4-15(19)25-12/h1-5,8H,7,9H2,(H,21,23). The van der Waals surface area contributed by atoms with E-state index in [9.17, 15) is 14.9 Å². The number of nitriles is 1. The molecular weight excluding hydrogens is 426 g/mol. The number of benzene rings is 1. The van der Waals surface area contributed by atoms with E-state index in [0.29, 0.717) is 21.8 Å². The Balaban J connectivity index is 1.87. The molecule has 0 saturated heterocycles. The summed E-state index contributed by atoms with van der Waals surface area (Å²) in [7, 11) is 0.